The molecule has 0 aliphatic rings. The first kappa shape index (κ1) is 18.7. The molecule has 0 aliphatic heterocycles. The van der Waals surface area contributed by atoms with Crippen LogP contribution >= 0.6 is 31.9 Å². The molecule has 2 rings (SSSR count). The van der Waals surface area contributed by atoms with Gasteiger partial charge in [0.25, 0.3) is 5.56 Å². The topological polar surface area (TPSA) is 79.4 Å². The lowest BCUT2D eigenvalue weighted by Crippen LogP contribution is -2.11. The Labute approximate surface area is 157 Å². The van der Waals surface area contributed by atoms with Gasteiger partial charge in [-0.05, 0) is 69.8 Å². The van der Waals surface area contributed by atoms with Crippen LogP contribution in [0.1, 0.15) is 32.0 Å². The fourth-order valence-corrected chi connectivity index (χ4v) is 3.32. The molecule has 24 heavy (non-hydrogen) atoms. The molecule has 0 atom stereocenters. The van der Waals surface area contributed by atoms with Gasteiger partial charge in [-0.1, -0.05) is 6.92 Å². The largest absolute Gasteiger partial charge is 0.489 e. The minimum absolute atomic E-state index is 0.0764. The monoisotopic (exact) mass is 456 g/mol. The van der Waals surface area contributed by atoms with Crippen LogP contribution in [0, 0.1) is 0 Å². The van der Waals surface area contributed by atoms with Crippen LogP contribution in [-0.4, -0.2) is 22.3 Å². The summed E-state index contributed by atoms with van der Waals surface area (Å²) in [5.74, 6) is 1.06. The third-order valence-electron chi connectivity index (χ3n) is 2.92. The molecule has 0 radical (unpaired) electrons. The normalized spacial score (nSPS) is 11.2. The van der Waals surface area contributed by atoms with Gasteiger partial charge in [-0.15, -0.1) is 0 Å². The van der Waals surface area contributed by atoms with Crippen molar-refractivity contribution >= 4 is 44.0 Å². The number of nitrogens with zero attached hydrogens (tertiary/aromatic N) is 2. The Kier molecular flexibility index (Phi) is 6.56. The fourth-order valence-electron chi connectivity index (χ4n) is 1.91. The van der Waals surface area contributed by atoms with Crippen molar-refractivity contribution in [1.82, 2.24) is 9.97 Å². The highest BCUT2D eigenvalue weighted by Gasteiger charge is 2.10. The van der Waals surface area contributed by atoms with Crippen LogP contribution < -0.4 is 15.7 Å². The Balaban J connectivity index is 2.15. The maximum Gasteiger partial charge on any atom is 0.252 e. The van der Waals surface area contributed by atoms with E-state index in [1.807, 2.05) is 32.9 Å². The molecule has 0 spiro atoms. The summed E-state index contributed by atoms with van der Waals surface area (Å²) in [6.45, 7) is 5.87. The zero-order valence-corrected chi connectivity index (χ0v) is 16.7. The number of rotatable bonds is 6. The Morgan fingerprint density at radius 3 is 2.58 bits per heavy atom. The number of aromatic nitrogens is 2. The number of hydrogen-bond donors (Lipinski definition) is 2. The van der Waals surface area contributed by atoms with Gasteiger partial charge in [-0.25, -0.2) is 10.4 Å². The van der Waals surface area contributed by atoms with Gasteiger partial charge in [-0.3, -0.25) is 9.78 Å². The summed E-state index contributed by atoms with van der Waals surface area (Å²) in [6.07, 6.45) is 2.39. The Hall–Kier alpha value is -1.67. The Morgan fingerprint density at radius 1 is 1.33 bits per heavy atom. The first-order chi connectivity index (χ1) is 11.4. The molecule has 1 heterocycles. The molecule has 0 amide bonds. The number of H-pyrrole nitrogens is 1. The second-order valence-corrected chi connectivity index (χ2v) is 7.00. The zero-order chi connectivity index (χ0) is 17.7. The lowest BCUT2D eigenvalue weighted by Gasteiger charge is -2.13. The third-order valence-corrected chi connectivity index (χ3v) is 4.09. The smallest absolute Gasteiger partial charge is 0.252 e. The van der Waals surface area contributed by atoms with Crippen LogP contribution in [0.3, 0.4) is 0 Å². The molecule has 6 nitrogen and oxygen atoms in total. The Morgan fingerprint density at radius 2 is 2.00 bits per heavy atom. The average molecular weight is 458 g/mol. The molecule has 2 N–H and O–H groups in total. The number of hydrazone groups is 1. The molecule has 0 bridgehead atoms. The lowest BCUT2D eigenvalue weighted by atomic mass is 10.2. The van der Waals surface area contributed by atoms with Crippen LogP contribution in [0.25, 0.3) is 0 Å². The molecular formula is C16H18Br2N4O2. The number of hydrogen-bond acceptors (Lipinski definition) is 5. The van der Waals surface area contributed by atoms with Crippen LogP contribution in [-0.2, 0) is 6.42 Å². The minimum Gasteiger partial charge on any atom is -0.489 e. The quantitative estimate of drug-likeness (QED) is 0.505. The van der Waals surface area contributed by atoms with E-state index in [9.17, 15) is 4.79 Å². The number of aromatic amines is 1. The van der Waals surface area contributed by atoms with Gasteiger partial charge in [0.1, 0.15) is 5.75 Å². The predicted octanol–water partition coefficient (Wildman–Crippen LogP) is 4.09. The first-order valence-electron chi connectivity index (χ1n) is 7.44. The highest BCUT2D eigenvalue weighted by molar-refractivity contribution is 9.11. The minimum atomic E-state index is -0.208. The van der Waals surface area contributed by atoms with E-state index in [1.54, 1.807) is 6.21 Å². The summed E-state index contributed by atoms with van der Waals surface area (Å²) in [4.78, 5) is 18.3. The van der Waals surface area contributed by atoms with E-state index < -0.39 is 0 Å². The van der Waals surface area contributed by atoms with Gasteiger partial charge in [-0.2, -0.15) is 5.10 Å². The molecule has 128 valence electrons. The third kappa shape index (κ3) is 5.17. The number of anilines is 1. The summed E-state index contributed by atoms with van der Waals surface area (Å²) >= 11 is 6.99. The molecule has 0 saturated heterocycles. The number of ether oxygens (including phenoxy) is 1. The second kappa shape index (κ2) is 8.43. The van der Waals surface area contributed by atoms with E-state index in [0.717, 1.165) is 20.3 Å². The molecule has 1 aromatic heterocycles. The van der Waals surface area contributed by atoms with Gasteiger partial charge < -0.3 is 4.74 Å². The summed E-state index contributed by atoms with van der Waals surface area (Å²) in [5, 5.41) is 4.11. The highest BCUT2D eigenvalue weighted by Crippen LogP contribution is 2.35. The van der Waals surface area contributed by atoms with E-state index in [-0.39, 0.29) is 11.7 Å². The van der Waals surface area contributed by atoms with Crippen LogP contribution in [0.5, 0.6) is 5.75 Å². The van der Waals surface area contributed by atoms with Gasteiger partial charge in [0.2, 0.25) is 5.95 Å². The van der Waals surface area contributed by atoms with Crippen LogP contribution in [0.2, 0.25) is 0 Å². The van der Waals surface area contributed by atoms with Crippen molar-refractivity contribution in [3.8, 4) is 5.75 Å². The van der Waals surface area contributed by atoms with E-state index >= 15 is 0 Å². The molecule has 0 aliphatic carbocycles. The van der Waals surface area contributed by atoms with E-state index in [2.05, 4.69) is 52.4 Å². The van der Waals surface area contributed by atoms with Gasteiger partial charge in [0.15, 0.2) is 0 Å². The number of aryl methyl sites for hydroxylation is 1. The zero-order valence-electron chi connectivity index (χ0n) is 13.6. The molecular weight excluding hydrogens is 440 g/mol. The molecule has 0 unspecified atom stereocenters. The Bertz CT molecular complexity index is 780. The summed E-state index contributed by atoms with van der Waals surface area (Å²) in [7, 11) is 0. The molecule has 2 aromatic rings. The summed E-state index contributed by atoms with van der Waals surface area (Å²) in [6, 6.07) is 5.26. The van der Waals surface area contributed by atoms with Crippen molar-refractivity contribution in [3.63, 3.8) is 0 Å². The summed E-state index contributed by atoms with van der Waals surface area (Å²) < 4.78 is 7.39. The lowest BCUT2D eigenvalue weighted by molar-refractivity contribution is 0.239. The van der Waals surface area contributed by atoms with Crippen molar-refractivity contribution in [1.29, 1.82) is 0 Å². The van der Waals surface area contributed by atoms with E-state index in [0.29, 0.717) is 18.1 Å². The van der Waals surface area contributed by atoms with Crippen molar-refractivity contribution in [3.05, 3.63) is 48.8 Å². The van der Waals surface area contributed by atoms with Crippen molar-refractivity contribution < 1.29 is 4.74 Å². The van der Waals surface area contributed by atoms with Gasteiger partial charge >= 0.3 is 0 Å². The molecule has 0 saturated carbocycles. The molecule has 1 aromatic carbocycles. The second-order valence-electron chi connectivity index (χ2n) is 5.29. The van der Waals surface area contributed by atoms with Crippen LogP contribution in [0.15, 0.2) is 37.0 Å². The van der Waals surface area contributed by atoms with Gasteiger partial charge in [0.05, 0.1) is 21.3 Å². The average Bonchev–Trinajstić information content (AvgIpc) is 2.50. The van der Waals surface area contributed by atoms with Crippen LogP contribution in [0.4, 0.5) is 5.95 Å². The number of halogens is 2. The predicted molar refractivity (Wildman–Crippen MR) is 103 cm³/mol. The number of benzene rings is 1. The maximum atomic E-state index is 11.5. The van der Waals surface area contributed by atoms with Crippen molar-refractivity contribution in [2.45, 2.75) is 33.3 Å². The fraction of sp³-hybridized carbons (Fsp3) is 0.312. The van der Waals surface area contributed by atoms with Gasteiger partial charge in [0, 0.05) is 11.8 Å². The highest BCUT2D eigenvalue weighted by atomic mass is 79.9. The standard InChI is InChI=1S/C16H18Br2N4O2/c1-4-11-7-14(23)21-16(20-11)22-19-8-10-5-12(17)15(13(18)6-10)24-9(2)3/h5-9H,4H2,1-3H3,(H2,20,21,22,23)/b19-8-. The molecule has 0 fully saturated rings. The first-order valence-corrected chi connectivity index (χ1v) is 9.02. The van der Waals surface area contributed by atoms with Crippen molar-refractivity contribution in [2.24, 2.45) is 5.10 Å². The van der Waals surface area contributed by atoms with Crippen molar-refractivity contribution in [2.75, 3.05) is 5.43 Å². The molecule has 8 heteroatoms. The number of nitrogens with one attached hydrogen (secondary N) is 2. The summed E-state index contributed by atoms with van der Waals surface area (Å²) in [5.41, 5.74) is 4.09. The maximum absolute atomic E-state index is 11.5. The van der Waals surface area contributed by atoms with E-state index in [4.69, 9.17) is 4.74 Å². The van der Waals surface area contributed by atoms with E-state index in [1.165, 1.54) is 6.07 Å². The SMILES string of the molecule is CCc1cc(=O)[nH]c(N/N=C\c2cc(Br)c(OC(C)C)c(Br)c2)n1.